The van der Waals surface area contributed by atoms with E-state index in [2.05, 4.69) is 36.4 Å². The van der Waals surface area contributed by atoms with E-state index in [9.17, 15) is 14.4 Å². The average molecular weight is 843 g/mol. The summed E-state index contributed by atoms with van der Waals surface area (Å²) in [6.07, 6.45) is 1.81. The first-order chi connectivity index (χ1) is 25.6. The minimum atomic E-state index is -0.763. The van der Waals surface area contributed by atoms with Gasteiger partial charge >= 0.3 is 11.9 Å². The van der Waals surface area contributed by atoms with Crippen molar-refractivity contribution in [3.63, 3.8) is 0 Å². The molecule has 5 aromatic rings. The Labute approximate surface area is 325 Å². The summed E-state index contributed by atoms with van der Waals surface area (Å²) in [5, 5.41) is 0. The smallest absolute Gasteiger partial charge is 0.338 e. The van der Waals surface area contributed by atoms with Gasteiger partial charge < -0.3 is 18.9 Å². The van der Waals surface area contributed by atoms with Gasteiger partial charge in [-0.15, -0.1) is 0 Å². The number of nitrogens with zero attached hydrogens (tertiary/aromatic N) is 2. The van der Waals surface area contributed by atoms with Gasteiger partial charge in [-0.2, -0.15) is 0 Å². The van der Waals surface area contributed by atoms with Gasteiger partial charge in [0.05, 0.1) is 51.3 Å². The first-order valence-corrected chi connectivity index (χ1v) is 19.2. The number of benzene rings is 4. The molecule has 9 nitrogen and oxygen atoms in total. The molecule has 2 heterocycles. The second kappa shape index (κ2) is 16.8. The van der Waals surface area contributed by atoms with Crippen LogP contribution in [-0.4, -0.2) is 36.8 Å². The highest BCUT2D eigenvalue weighted by Gasteiger charge is 2.35. The van der Waals surface area contributed by atoms with Gasteiger partial charge in [0.15, 0.2) is 16.3 Å². The molecule has 0 bridgehead atoms. The molecule has 1 atom stereocenters. The number of thiazole rings is 1. The summed E-state index contributed by atoms with van der Waals surface area (Å²) in [6.45, 7) is 8.51. The summed E-state index contributed by atoms with van der Waals surface area (Å²) in [4.78, 5) is 45.7. The van der Waals surface area contributed by atoms with Gasteiger partial charge in [-0.25, -0.2) is 14.6 Å². The molecule has 4 aromatic carbocycles. The highest BCUT2D eigenvalue weighted by Crippen LogP contribution is 2.37. The molecule has 1 aliphatic rings. The van der Waals surface area contributed by atoms with E-state index in [4.69, 9.17) is 23.9 Å². The fourth-order valence-corrected chi connectivity index (χ4v) is 7.82. The Bertz CT molecular complexity index is 2350. The van der Waals surface area contributed by atoms with Crippen LogP contribution < -0.4 is 24.4 Å². The van der Waals surface area contributed by atoms with Crippen molar-refractivity contribution in [1.29, 1.82) is 0 Å². The molecule has 0 saturated heterocycles. The van der Waals surface area contributed by atoms with Crippen LogP contribution >= 0.6 is 33.9 Å². The normalized spacial score (nSPS) is 14.1. The van der Waals surface area contributed by atoms with Crippen molar-refractivity contribution in [2.45, 2.75) is 46.3 Å². The molecule has 6 rings (SSSR count). The molecule has 53 heavy (non-hydrogen) atoms. The maximum Gasteiger partial charge on any atom is 0.338 e. The zero-order valence-electron chi connectivity index (χ0n) is 30.1. The molecule has 0 fully saturated rings. The van der Waals surface area contributed by atoms with Gasteiger partial charge in [0.25, 0.3) is 5.56 Å². The third-order valence-electron chi connectivity index (χ3n) is 8.69. The fraction of sp³-hybridized carbons (Fsp3) is 0.238. The Morgan fingerprint density at radius 2 is 1.60 bits per heavy atom. The Hall–Kier alpha value is -5.01. The summed E-state index contributed by atoms with van der Waals surface area (Å²) < 4.78 is 25.4. The number of halogens is 1. The van der Waals surface area contributed by atoms with Crippen LogP contribution in [0.15, 0.2) is 106 Å². The molecule has 0 unspecified atom stereocenters. The number of carbonyl (C=O) groups excluding carboxylic acids is 2. The number of hydrogen-bond acceptors (Lipinski definition) is 9. The third kappa shape index (κ3) is 8.16. The lowest BCUT2D eigenvalue weighted by Crippen LogP contribution is -2.40. The fourth-order valence-electron chi connectivity index (χ4n) is 6.04. The molecule has 272 valence electrons. The van der Waals surface area contributed by atoms with E-state index < -0.39 is 12.0 Å². The number of esters is 2. The number of carbonyl (C=O) groups is 2. The first kappa shape index (κ1) is 37.7. The van der Waals surface area contributed by atoms with E-state index in [1.165, 1.54) is 11.3 Å². The van der Waals surface area contributed by atoms with Crippen LogP contribution in [0.3, 0.4) is 0 Å². The van der Waals surface area contributed by atoms with Crippen molar-refractivity contribution >= 4 is 57.6 Å². The minimum Gasteiger partial charge on any atom is -0.493 e. The van der Waals surface area contributed by atoms with E-state index >= 15 is 0 Å². The molecule has 0 spiro atoms. The number of fused-ring (bicyclic) bond motifs is 1. The lowest BCUT2D eigenvalue weighted by molar-refractivity contribution is -0.138. The van der Waals surface area contributed by atoms with Gasteiger partial charge in [-0.05, 0) is 95.0 Å². The molecule has 0 aliphatic carbocycles. The molecular weight excluding hydrogens is 803 g/mol. The maximum absolute atomic E-state index is 14.4. The van der Waals surface area contributed by atoms with Crippen molar-refractivity contribution in [3.8, 4) is 11.5 Å². The van der Waals surface area contributed by atoms with E-state index in [-0.39, 0.29) is 24.7 Å². The van der Waals surface area contributed by atoms with E-state index in [1.807, 2.05) is 84.9 Å². The highest BCUT2D eigenvalue weighted by atomic mass is 127. The van der Waals surface area contributed by atoms with Crippen LogP contribution in [0.2, 0.25) is 0 Å². The van der Waals surface area contributed by atoms with Crippen molar-refractivity contribution in [3.05, 3.63) is 153 Å². The highest BCUT2D eigenvalue weighted by molar-refractivity contribution is 14.1. The lowest BCUT2D eigenvalue weighted by Gasteiger charge is -2.26. The second-order valence-corrected chi connectivity index (χ2v) is 14.7. The van der Waals surface area contributed by atoms with E-state index in [0.717, 1.165) is 31.4 Å². The maximum atomic E-state index is 14.4. The van der Waals surface area contributed by atoms with Gasteiger partial charge in [0.1, 0.15) is 6.61 Å². The summed E-state index contributed by atoms with van der Waals surface area (Å²) >= 11 is 3.45. The van der Waals surface area contributed by atoms with Crippen LogP contribution in [0.1, 0.15) is 77.8 Å². The van der Waals surface area contributed by atoms with Crippen molar-refractivity contribution in [2.75, 3.05) is 20.3 Å². The second-order valence-electron chi connectivity index (χ2n) is 12.5. The largest absolute Gasteiger partial charge is 0.493 e. The molecule has 0 amide bonds. The molecule has 0 radical (unpaired) electrons. The van der Waals surface area contributed by atoms with E-state index in [0.29, 0.717) is 50.2 Å². The number of methoxy groups -OCH3 is 1. The van der Waals surface area contributed by atoms with Crippen LogP contribution in [0, 0.1) is 3.57 Å². The third-order valence-corrected chi connectivity index (χ3v) is 10.5. The number of rotatable bonds is 12. The summed E-state index contributed by atoms with van der Waals surface area (Å²) in [6, 6.07) is 27.6. The Kier molecular flexibility index (Phi) is 11.9. The summed E-state index contributed by atoms with van der Waals surface area (Å²) in [7, 11) is 1.57. The van der Waals surface area contributed by atoms with Gasteiger partial charge in [-0.3, -0.25) is 9.36 Å². The number of aromatic nitrogens is 1. The Morgan fingerprint density at radius 1 is 0.925 bits per heavy atom. The predicted octanol–water partition coefficient (Wildman–Crippen LogP) is 7.43. The lowest BCUT2D eigenvalue weighted by atomic mass is 9.91. The molecule has 1 aromatic heterocycles. The van der Waals surface area contributed by atoms with Gasteiger partial charge in [0, 0.05) is 5.56 Å². The van der Waals surface area contributed by atoms with Crippen molar-refractivity contribution < 1.29 is 28.5 Å². The molecule has 0 N–H and O–H groups in total. The van der Waals surface area contributed by atoms with Gasteiger partial charge in [0.2, 0.25) is 0 Å². The summed E-state index contributed by atoms with van der Waals surface area (Å²) in [5.74, 6) is 0.473. The van der Waals surface area contributed by atoms with Crippen molar-refractivity contribution in [1.82, 2.24) is 4.57 Å². The topological polar surface area (TPSA) is 105 Å². The monoisotopic (exact) mass is 842 g/mol. The van der Waals surface area contributed by atoms with Crippen molar-refractivity contribution in [2.24, 2.45) is 4.99 Å². The minimum absolute atomic E-state index is 0.176. The quantitative estimate of drug-likeness (QED) is 0.0951. The van der Waals surface area contributed by atoms with Crippen LogP contribution in [0.5, 0.6) is 11.5 Å². The van der Waals surface area contributed by atoms with Crippen LogP contribution in [0.4, 0.5) is 0 Å². The predicted molar refractivity (Wildman–Crippen MR) is 214 cm³/mol. The Morgan fingerprint density at radius 3 is 2.25 bits per heavy atom. The SMILES string of the molecule is CCOC(=O)C1=C(c2ccccc2)N=c2s/c(=C\c3cc(I)c(OCc4ccc(C(=O)OCC)cc4)c(OC)c3)c(=O)n2[C@H]1c1ccc(C(C)C)cc1. The summed E-state index contributed by atoms with van der Waals surface area (Å²) in [5.41, 5.74) is 5.25. The molecule has 0 saturated carbocycles. The zero-order valence-corrected chi connectivity index (χ0v) is 33.0. The van der Waals surface area contributed by atoms with E-state index in [1.54, 1.807) is 37.7 Å². The van der Waals surface area contributed by atoms with Crippen LogP contribution in [-0.2, 0) is 20.9 Å². The Balaban J connectivity index is 1.42. The number of hydrogen-bond donors (Lipinski definition) is 0. The average Bonchev–Trinajstić information content (AvgIpc) is 3.47. The van der Waals surface area contributed by atoms with Crippen LogP contribution in [0.25, 0.3) is 11.8 Å². The molecular formula is C42H39IN2O7S. The standard InChI is InChI=1S/C42H39IN2O7S/c1-6-50-40(47)31-15-13-26(14-16-31)24-52-38-32(43)21-27(22-33(38)49-5)23-34-39(46)45-37(30-19-17-28(18-20-30)25(3)4)35(41(48)51-7-2)36(44-42(45)53-34)29-11-9-8-10-12-29/h8-23,25,37H,6-7,24H2,1-5H3/b34-23-/t37-/m0/s1. The molecule has 1 aliphatic heterocycles. The zero-order chi connectivity index (χ0) is 37.6. The number of ether oxygens (including phenoxy) is 4. The molecule has 11 heteroatoms. The van der Waals surface area contributed by atoms with Gasteiger partial charge in [-0.1, -0.05) is 91.9 Å². The first-order valence-electron chi connectivity index (χ1n) is 17.3.